The van der Waals surface area contributed by atoms with Crippen LogP contribution in [0.15, 0.2) is 38.9 Å². The lowest BCUT2D eigenvalue weighted by Crippen LogP contribution is -2.37. The first kappa shape index (κ1) is 21.8. The van der Waals surface area contributed by atoms with Crippen molar-refractivity contribution in [2.75, 3.05) is 18.2 Å². The van der Waals surface area contributed by atoms with Gasteiger partial charge in [-0.3, -0.25) is 18.7 Å². The summed E-state index contributed by atoms with van der Waals surface area (Å²) in [5.41, 5.74) is 2.92. The van der Waals surface area contributed by atoms with Crippen LogP contribution >= 0.6 is 11.8 Å². The van der Waals surface area contributed by atoms with E-state index in [9.17, 15) is 14.4 Å². The third kappa shape index (κ3) is 4.03. The number of ether oxygens (including phenoxy) is 1. The van der Waals surface area contributed by atoms with Crippen molar-refractivity contribution in [3.63, 3.8) is 0 Å². The van der Waals surface area contributed by atoms with Gasteiger partial charge in [0.15, 0.2) is 0 Å². The molecule has 0 unspecified atom stereocenters. The summed E-state index contributed by atoms with van der Waals surface area (Å²) < 4.78 is 7.61. The second-order valence-electron chi connectivity index (χ2n) is 7.03. The lowest BCUT2D eigenvalue weighted by molar-refractivity contribution is -0.113. The topological polar surface area (TPSA) is 95.2 Å². The summed E-state index contributed by atoms with van der Waals surface area (Å²) in [6.45, 7) is 4.17. The van der Waals surface area contributed by atoms with E-state index in [2.05, 4.69) is 10.3 Å². The van der Waals surface area contributed by atoms with Gasteiger partial charge in [0.1, 0.15) is 5.65 Å². The second-order valence-corrected chi connectivity index (χ2v) is 8.02. The molecule has 0 aliphatic rings. The van der Waals surface area contributed by atoms with Crippen molar-refractivity contribution >= 4 is 34.4 Å². The molecule has 8 nitrogen and oxygen atoms in total. The molecule has 30 heavy (non-hydrogen) atoms. The summed E-state index contributed by atoms with van der Waals surface area (Å²) in [4.78, 5) is 42.6. The summed E-state index contributed by atoms with van der Waals surface area (Å²) in [7, 11) is 4.54. The number of amides is 1. The Kier molecular flexibility index (Phi) is 6.42. The molecule has 0 saturated carbocycles. The van der Waals surface area contributed by atoms with Gasteiger partial charge in [0.25, 0.3) is 5.56 Å². The number of anilines is 1. The molecule has 0 atom stereocenters. The first-order valence-corrected chi connectivity index (χ1v) is 10.3. The van der Waals surface area contributed by atoms with Crippen LogP contribution in [0.5, 0.6) is 0 Å². The zero-order valence-electron chi connectivity index (χ0n) is 17.6. The van der Waals surface area contributed by atoms with Crippen LogP contribution in [0.2, 0.25) is 0 Å². The van der Waals surface area contributed by atoms with Crippen molar-refractivity contribution in [2.45, 2.75) is 25.3 Å². The average Bonchev–Trinajstić information content (AvgIpc) is 2.73. The Morgan fingerprint density at radius 1 is 1.20 bits per heavy atom. The Bertz CT molecular complexity index is 1250. The molecule has 1 amide bonds. The van der Waals surface area contributed by atoms with E-state index in [-0.39, 0.29) is 23.9 Å². The average molecular weight is 429 g/mol. The van der Waals surface area contributed by atoms with Gasteiger partial charge in [-0.05, 0) is 31.0 Å². The Morgan fingerprint density at radius 3 is 2.63 bits per heavy atom. The van der Waals surface area contributed by atoms with E-state index < -0.39 is 11.2 Å². The highest BCUT2D eigenvalue weighted by atomic mass is 32.2. The summed E-state index contributed by atoms with van der Waals surface area (Å²) >= 11 is 1.23. The monoisotopic (exact) mass is 428 g/mol. The number of carbonyl (C=O) groups is 1. The van der Waals surface area contributed by atoms with Crippen molar-refractivity contribution in [2.24, 2.45) is 14.1 Å². The standard InChI is InChI=1S/C21H24N4O4S/c1-12-7-6-8-15(13(12)2)23-16(26)11-30-18-14(10-29-5)9-22-19-17(18)20(27)25(4)21(28)24(19)3/h6-9H,10-11H2,1-5H3,(H,23,26). The molecule has 3 aromatic rings. The van der Waals surface area contributed by atoms with E-state index in [1.165, 1.54) is 23.4 Å². The van der Waals surface area contributed by atoms with Crippen molar-refractivity contribution in [1.29, 1.82) is 0 Å². The number of carbonyl (C=O) groups excluding carboxylic acids is 1. The first-order valence-electron chi connectivity index (χ1n) is 9.31. The summed E-state index contributed by atoms with van der Waals surface area (Å²) in [6, 6.07) is 5.73. The fraction of sp³-hybridized carbons (Fsp3) is 0.333. The van der Waals surface area contributed by atoms with E-state index >= 15 is 0 Å². The van der Waals surface area contributed by atoms with E-state index in [1.807, 2.05) is 32.0 Å². The number of rotatable bonds is 6. The van der Waals surface area contributed by atoms with Crippen molar-refractivity contribution in [1.82, 2.24) is 14.1 Å². The van der Waals surface area contributed by atoms with Crippen LogP contribution in [-0.2, 0) is 30.2 Å². The molecule has 0 bridgehead atoms. The Hall–Kier alpha value is -2.91. The normalized spacial score (nSPS) is 11.1. The number of methoxy groups -OCH3 is 1. The van der Waals surface area contributed by atoms with Gasteiger partial charge in [-0.2, -0.15) is 0 Å². The molecule has 0 aliphatic heterocycles. The van der Waals surface area contributed by atoms with Gasteiger partial charge in [-0.1, -0.05) is 12.1 Å². The van der Waals surface area contributed by atoms with Crippen LogP contribution in [0, 0.1) is 13.8 Å². The maximum atomic E-state index is 12.9. The molecule has 1 N–H and O–H groups in total. The predicted molar refractivity (Wildman–Crippen MR) is 118 cm³/mol. The maximum absolute atomic E-state index is 12.9. The van der Waals surface area contributed by atoms with Crippen molar-refractivity contribution in [3.8, 4) is 0 Å². The number of hydrogen-bond donors (Lipinski definition) is 1. The highest BCUT2D eigenvalue weighted by molar-refractivity contribution is 8.00. The Morgan fingerprint density at radius 2 is 1.93 bits per heavy atom. The Labute approximate surface area is 177 Å². The number of fused-ring (bicyclic) bond motifs is 1. The molecule has 158 valence electrons. The van der Waals surface area contributed by atoms with Crippen molar-refractivity contribution in [3.05, 3.63) is 61.9 Å². The number of pyridine rings is 1. The maximum Gasteiger partial charge on any atom is 0.332 e. The van der Waals surface area contributed by atoms with Gasteiger partial charge in [0.05, 0.1) is 17.7 Å². The third-order valence-electron chi connectivity index (χ3n) is 5.02. The number of nitrogens with one attached hydrogen (secondary N) is 1. The first-order chi connectivity index (χ1) is 14.3. The number of nitrogens with zero attached hydrogens (tertiary/aromatic N) is 3. The second kappa shape index (κ2) is 8.85. The lowest BCUT2D eigenvalue weighted by atomic mass is 10.1. The third-order valence-corrected chi connectivity index (χ3v) is 6.18. The van der Waals surface area contributed by atoms with Crippen LogP contribution in [0.25, 0.3) is 11.0 Å². The van der Waals surface area contributed by atoms with Gasteiger partial charge in [-0.25, -0.2) is 9.78 Å². The molecule has 0 saturated heterocycles. The quantitative estimate of drug-likeness (QED) is 0.605. The molecule has 0 radical (unpaired) electrons. The number of thioether (sulfide) groups is 1. The minimum atomic E-state index is -0.455. The predicted octanol–water partition coefficient (Wildman–Crippen LogP) is 2.13. The molecule has 0 aliphatic carbocycles. The van der Waals surface area contributed by atoms with E-state index in [4.69, 9.17) is 4.74 Å². The van der Waals surface area contributed by atoms with Crippen LogP contribution < -0.4 is 16.6 Å². The Balaban J connectivity index is 1.99. The van der Waals surface area contributed by atoms with Gasteiger partial charge in [0, 0.05) is 43.5 Å². The molecule has 0 spiro atoms. The van der Waals surface area contributed by atoms with Crippen LogP contribution in [0.4, 0.5) is 5.69 Å². The molecular formula is C21H24N4O4S. The van der Waals surface area contributed by atoms with Gasteiger partial charge in [-0.15, -0.1) is 11.8 Å². The molecule has 0 fully saturated rings. The van der Waals surface area contributed by atoms with E-state index in [0.717, 1.165) is 21.4 Å². The highest BCUT2D eigenvalue weighted by Gasteiger charge is 2.19. The van der Waals surface area contributed by atoms with Crippen molar-refractivity contribution < 1.29 is 9.53 Å². The largest absolute Gasteiger partial charge is 0.380 e. The zero-order chi connectivity index (χ0) is 22.0. The fourth-order valence-electron chi connectivity index (χ4n) is 3.18. The number of hydrogen-bond acceptors (Lipinski definition) is 6. The van der Waals surface area contributed by atoms with Crippen LogP contribution in [0.3, 0.4) is 0 Å². The zero-order valence-corrected chi connectivity index (χ0v) is 18.4. The van der Waals surface area contributed by atoms with E-state index in [0.29, 0.717) is 15.8 Å². The lowest BCUT2D eigenvalue weighted by Gasteiger charge is -2.14. The highest BCUT2D eigenvalue weighted by Crippen LogP contribution is 2.29. The summed E-state index contributed by atoms with van der Waals surface area (Å²) in [5.74, 6) is -0.0986. The van der Waals surface area contributed by atoms with Crippen LogP contribution in [0.1, 0.15) is 16.7 Å². The molecule has 2 heterocycles. The molecule has 9 heteroatoms. The summed E-state index contributed by atoms with van der Waals surface area (Å²) in [5, 5.41) is 3.23. The minimum absolute atomic E-state index is 0.0925. The smallest absolute Gasteiger partial charge is 0.332 e. The number of aromatic nitrogens is 3. The molecule has 2 aromatic heterocycles. The molecule has 1 aromatic carbocycles. The SMILES string of the molecule is COCc1cnc2c(c1SCC(=O)Nc1cccc(C)c1C)c(=O)n(C)c(=O)n2C. The minimum Gasteiger partial charge on any atom is -0.380 e. The van der Waals surface area contributed by atoms with Crippen LogP contribution in [-0.4, -0.2) is 32.9 Å². The number of benzene rings is 1. The van der Waals surface area contributed by atoms with E-state index in [1.54, 1.807) is 20.4 Å². The van der Waals surface area contributed by atoms with Gasteiger partial charge < -0.3 is 10.1 Å². The molecular weight excluding hydrogens is 404 g/mol. The van der Waals surface area contributed by atoms with Gasteiger partial charge >= 0.3 is 5.69 Å². The molecule has 3 rings (SSSR count). The fourth-order valence-corrected chi connectivity index (χ4v) is 4.14. The summed E-state index contributed by atoms with van der Waals surface area (Å²) in [6.07, 6.45) is 1.58. The van der Waals surface area contributed by atoms with Gasteiger partial charge in [0.2, 0.25) is 5.91 Å². The number of aryl methyl sites for hydroxylation is 2.